The van der Waals surface area contributed by atoms with Gasteiger partial charge in [-0.3, -0.25) is 0 Å². The molecule has 0 aliphatic rings. The van der Waals surface area contributed by atoms with Crippen LogP contribution in [-0.2, 0) is 4.74 Å². The van der Waals surface area contributed by atoms with Crippen molar-refractivity contribution in [3.05, 3.63) is 0 Å². The number of ether oxygens (including phenoxy) is 1. The van der Waals surface area contributed by atoms with Crippen LogP contribution in [-0.4, -0.2) is 29.2 Å². The summed E-state index contributed by atoms with van der Waals surface area (Å²) in [5.74, 6) is -1.01. The van der Waals surface area contributed by atoms with Crippen molar-refractivity contribution >= 4 is 0 Å². The average molecular weight is 176 g/mol. The molecule has 0 amide bonds. The molecule has 0 radical (unpaired) electrons. The zero-order chi connectivity index (χ0) is 9.45. The lowest BCUT2D eigenvalue weighted by Gasteiger charge is -2.27. The van der Waals surface area contributed by atoms with Gasteiger partial charge < -0.3 is 14.9 Å². The van der Waals surface area contributed by atoms with E-state index in [1.54, 1.807) is 0 Å². The van der Waals surface area contributed by atoms with Gasteiger partial charge in [0, 0.05) is 26.1 Å². The zero-order valence-electron chi connectivity index (χ0n) is 8.05. The maximum Gasteiger partial charge on any atom is 0.165 e. The average Bonchev–Trinajstić information content (AvgIpc) is 2.02. The molecule has 1 atom stereocenters. The fraction of sp³-hybridized carbons (Fsp3) is 1.00. The molecule has 0 saturated carbocycles. The molecular formula is C9H20O3. The van der Waals surface area contributed by atoms with Crippen LogP contribution in [0, 0.1) is 0 Å². The highest BCUT2D eigenvalue weighted by Gasteiger charge is 2.24. The fourth-order valence-corrected chi connectivity index (χ4v) is 1.28. The molecule has 3 nitrogen and oxygen atoms in total. The van der Waals surface area contributed by atoms with Gasteiger partial charge in [-0.05, 0) is 13.3 Å². The van der Waals surface area contributed by atoms with Crippen LogP contribution < -0.4 is 0 Å². The summed E-state index contributed by atoms with van der Waals surface area (Å²) in [5.41, 5.74) is 0. The number of rotatable bonds is 7. The molecule has 0 aliphatic heterocycles. The molecular weight excluding hydrogens is 156 g/mol. The minimum Gasteiger partial charge on any atom is -0.396 e. The van der Waals surface area contributed by atoms with E-state index < -0.39 is 5.79 Å². The van der Waals surface area contributed by atoms with E-state index in [4.69, 9.17) is 9.84 Å². The minimum absolute atomic E-state index is 0.110. The minimum atomic E-state index is -1.01. The van der Waals surface area contributed by atoms with Gasteiger partial charge >= 0.3 is 0 Å². The first-order chi connectivity index (χ1) is 5.68. The summed E-state index contributed by atoms with van der Waals surface area (Å²) in [6, 6.07) is 0. The van der Waals surface area contributed by atoms with E-state index in [1.165, 1.54) is 0 Å². The molecule has 2 N–H and O–H groups in total. The van der Waals surface area contributed by atoms with Gasteiger partial charge in [0.1, 0.15) is 0 Å². The Morgan fingerprint density at radius 2 is 1.92 bits per heavy atom. The summed E-state index contributed by atoms with van der Waals surface area (Å²) in [5, 5.41) is 18.4. The standard InChI is InChI=1S/C9H20O3/c1-3-6-9(11,12-4-2)7-5-8-10/h10-11H,3-8H2,1-2H3. The second kappa shape index (κ2) is 6.40. The molecule has 0 spiro atoms. The smallest absolute Gasteiger partial charge is 0.165 e. The molecule has 74 valence electrons. The summed E-state index contributed by atoms with van der Waals surface area (Å²) in [4.78, 5) is 0. The van der Waals surface area contributed by atoms with Crippen LogP contribution in [0.5, 0.6) is 0 Å². The molecule has 0 heterocycles. The molecule has 0 fully saturated rings. The van der Waals surface area contributed by atoms with Crippen molar-refractivity contribution in [3.8, 4) is 0 Å². The van der Waals surface area contributed by atoms with Gasteiger partial charge in [-0.2, -0.15) is 0 Å². The first kappa shape index (κ1) is 11.9. The lowest BCUT2D eigenvalue weighted by atomic mass is 10.1. The first-order valence-electron chi connectivity index (χ1n) is 4.65. The van der Waals surface area contributed by atoms with E-state index in [0.29, 0.717) is 25.9 Å². The van der Waals surface area contributed by atoms with Crippen molar-refractivity contribution in [2.75, 3.05) is 13.2 Å². The number of aliphatic hydroxyl groups is 2. The summed E-state index contributed by atoms with van der Waals surface area (Å²) in [6.45, 7) is 4.49. The monoisotopic (exact) mass is 176 g/mol. The Kier molecular flexibility index (Phi) is 6.34. The van der Waals surface area contributed by atoms with Crippen molar-refractivity contribution in [3.63, 3.8) is 0 Å². The van der Waals surface area contributed by atoms with E-state index in [2.05, 4.69) is 0 Å². The molecule has 12 heavy (non-hydrogen) atoms. The van der Waals surface area contributed by atoms with Crippen LogP contribution in [0.25, 0.3) is 0 Å². The van der Waals surface area contributed by atoms with E-state index in [0.717, 1.165) is 6.42 Å². The molecule has 0 aromatic heterocycles. The largest absolute Gasteiger partial charge is 0.396 e. The predicted octanol–water partition coefficient (Wildman–Crippen LogP) is 1.28. The van der Waals surface area contributed by atoms with Crippen molar-refractivity contribution < 1.29 is 14.9 Å². The number of hydrogen-bond donors (Lipinski definition) is 2. The molecule has 0 aromatic rings. The highest BCUT2D eigenvalue weighted by molar-refractivity contribution is 4.66. The summed E-state index contributed by atoms with van der Waals surface area (Å²) in [7, 11) is 0. The van der Waals surface area contributed by atoms with E-state index >= 15 is 0 Å². The third-order valence-electron chi connectivity index (χ3n) is 1.78. The third kappa shape index (κ3) is 4.70. The van der Waals surface area contributed by atoms with Crippen molar-refractivity contribution in [2.24, 2.45) is 0 Å². The van der Waals surface area contributed by atoms with E-state index in [-0.39, 0.29) is 6.61 Å². The Balaban J connectivity index is 3.80. The topological polar surface area (TPSA) is 49.7 Å². The molecule has 1 unspecified atom stereocenters. The summed E-state index contributed by atoms with van der Waals surface area (Å²) < 4.78 is 5.22. The SMILES string of the molecule is CCCC(O)(CCCO)OCC. The lowest BCUT2D eigenvalue weighted by molar-refractivity contribution is -0.210. The van der Waals surface area contributed by atoms with Gasteiger partial charge in [0.25, 0.3) is 0 Å². The maximum atomic E-state index is 9.81. The molecule has 0 rings (SSSR count). The Hall–Kier alpha value is -0.120. The van der Waals surface area contributed by atoms with Crippen LogP contribution in [0.2, 0.25) is 0 Å². The van der Waals surface area contributed by atoms with Crippen molar-refractivity contribution in [1.29, 1.82) is 0 Å². The Labute approximate surface area is 74.4 Å². The van der Waals surface area contributed by atoms with Crippen LogP contribution in [0.15, 0.2) is 0 Å². The van der Waals surface area contributed by atoms with Gasteiger partial charge in [-0.25, -0.2) is 0 Å². The van der Waals surface area contributed by atoms with Crippen LogP contribution in [0.1, 0.15) is 39.5 Å². The van der Waals surface area contributed by atoms with Crippen molar-refractivity contribution in [2.45, 2.75) is 45.3 Å². The second-order valence-electron chi connectivity index (χ2n) is 2.96. The summed E-state index contributed by atoms with van der Waals surface area (Å²) in [6.07, 6.45) is 2.64. The Bertz CT molecular complexity index is 97.9. The quantitative estimate of drug-likeness (QED) is 0.574. The van der Waals surface area contributed by atoms with Crippen LogP contribution in [0.4, 0.5) is 0 Å². The molecule has 0 bridgehead atoms. The normalized spacial score (nSPS) is 16.0. The lowest BCUT2D eigenvalue weighted by Crippen LogP contribution is -2.32. The number of aliphatic hydroxyl groups excluding tert-OH is 1. The zero-order valence-corrected chi connectivity index (χ0v) is 8.05. The molecule has 0 aliphatic carbocycles. The Morgan fingerprint density at radius 1 is 1.25 bits per heavy atom. The van der Waals surface area contributed by atoms with E-state index in [9.17, 15) is 5.11 Å². The molecule has 3 heteroatoms. The van der Waals surface area contributed by atoms with Gasteiger partial charge in [-0.15, -0.1) is 0 Å². The highest BCUT2D eigenvalue weighted by Crippen LogP contribution is 2.20. The van der Waals surface area contributed by atoms with Gasteiger partial charge in [0.15, 0.2) is 5.79 Å². The molecule has 0 saturated heterocycles. The van der Waals surface area contributed by atoms with Gasteiger partial charge in [-0.1, -0.05) is 13.3 Å². The first-order valence-corrected chi connectivity index (χ1v) is 4.65. The third-order valence-corrected chi connectivity index (χ3v) is 1.78. The van der Waals surface area contributed by atoms with Gasteiger partial charge in [0.2, 0.25) is 0 Å². The Morgan fingerprint density at radius 3 is 2.33 bits per heavy atom. The molecule has 0 aromatic carbocycles. The van der Waals surface area contributed by atoms with Gasteiger partial charge in [0.05, 0.1) is 0 Å². The second-order valence-corrected chi connectivity index (χ2v) is 2.96. The summed E-state index contributed by atoms with van der Waals surface area (Å²) >= 11 is 0. The van der Waals surface area contributed by atoms with Crippen molar-refractivity contribution in [1.82, 2.24) is 0 Å². The highest BCUT2D eigenvalue weighted by atomic mass is 16.6. The van der Waals surface area contributed by atoms with E-state index in [1.807, 2.05) is 13.8 Å². The fourth-order valence-electron chi connectivity index (χ4n) is 1.28. The van der Waals surface area contributed by atoms with Crippen LogP contribution >= 0.6 is 0 Å². The number of hydrogen-bond acceptors (Lipinski definition) is 3. The van der Waals surface area contributed by atoms with Crippen LogP contribution in [0.3, 0.4) is 0 Å². The predicted molar refractivity (Wildman–Crippen MR) is 47.8 cm³/mol. The maximum absolute atomic E-state index is 9.81.